The van der Waals surface area contributed by atoms with Gasteiger partial charge in [0, 0.05) is 55.0 Å². The van der Waals surface area contributed by atoms with Crippen molar-refractivity contribution in [1.29, 1.82) is 0 Å². The first-order chi connectivity index (χ1) is 15.5. The van der Waals surface area contributed by atoms with Gasteiger partial charge in [-0.25, -0.2) is 8.78 Å². The van der Waals surface area contributed by atoms with Crippen molar-refractivity contribution in [2.45, 2.75) is 18.3 Å². The summed E-state index contributed by atoms with van der Waals surface area (Å²) < 4.78 is 32.2. The lowest BCUT2D eigenvalue weighted by Gasteiger charge is -2.40. The number of aromatic nitrogens is 1. The van der Waals surface area contributed by atoms with Crippen molar-refractivity contribution in [1.82, 2.24) is 4.98 Å². The fourth-order valence-corrected chi connectivity index (χ4v) is 4.31. The molecule has 7 heteroatoms. The van der Waals surface area contributed by atoms with Gasteiger partial charge in [-0.2, -0.15) is 0 Å². The maximum absolute atomic E-state index is 13.1. The summed E-state index contributed by atoms with van der Waals surface area (Å²) >= 11 is 0. The molecule has 3 heterocycles. The van der Waals surface area contributed by atoms with Crippen molar-refractivity contribution in [2.24, 2.45) is 0 Å². The lowest BCUT2D eigenvalue weighted by molar-refractivity contribution is -0.0262. The lowest BCUT2D eigenvalue weighted by atomic mass is 9.92. The summed E-state index contributed by atoms with van der Waals surface area (Å²) in [5, 5.41) is 3.47. The van der Waals surface area contributed by atoms with Gasteiger partial charge in [0.1, 0.15) is 5.75 Å². The number of hydrogen-bond donors (Lipinski definition) is 1. The van der Waals surface area contributed by atoms with Crippen LogP contribution in [0.1, 0.15) is 17.9 Å². The molecule has 0 saturated carbocycles. The van der Waals surface area contributed by atoms with Crippen LogP contribution in [0.25, 0.3) is 0 Å². The van der Waals surface area contributed by atoms with Crippen LogP contribution in [0.4, 0.5) is 31.5 Å². The molecule has 2 aromatic carbocycles. The van der Waals surface area contributed by atoms with Crippen molar-refractivity contribution >= 4 is 22.7 Å². The monoisotopic (exact) mass is 436 g/mol. The number of halogens is 2. The van der Waals surface area contributed by atoms with E-state index in [0.29, 0.717) is 12.5 Å². The molecule has 0 amide bonds. The molecule has 0 bridgehead atoms. The number of alkyl halides is 2. The van der Waals surface area contributed by atoms with Gasteiger partial charge in [0.05, 0.1) is 25.4 Å². The Hall–Kier alpha value is -3.35. The number of anilines is 4. The molecular weight excluding hydrogens is 410 g/mol. The molecule has 0 aliphatic carbocycles. The normalized spacial score (nSPS) is 18.8. The molecule has 1 saturated heterocycles. The Kier molecular flexibility index (Phi) is 5.33. The fraction of sp³-hybridized carbons (Fsp3) is 0.320. The highest BCUT2D eigenvalue weighted by atomic mass is 19.3. The summed E-state index contributed by atoms with van der Waals surface area (Å²) in [4.78, 5) is 7.92. The average Bonchev–Trinajstić information content (AvgIpc) is 2.81. The molecule has 0 unspecified atom stereocenters. The first kappa shape index (κ1) is 20.5. The van der Waals surface area contributed by atoms with Crippen LogP contribution in [0.2, 0.25) is 0 Å². The van der Waals surface area contributed by atoms with Crippen LogP contribution in [0, 0.1) is 0 Å². The first-order valence-electron chi connectivity index (χ1n) is 10.9. The average molecular weight is 437 g/mol. The van der Waals surface area contributed by atoms with E-state index in [4.69, 9.17) is 4.74 Å². The maximum Gasteiger partial charge on any atom is 0.282 e. The number of nitrogens with zero attached hydrogens (tertiary/aromatic N) is 3. The van der Waals surface area contributed by atoms with Gasteiger partial charge in [0.25, 0.3) is 5.92 Å². The number of benzene rings is 2. The molecule has 2 aliphatic rings. The van der Waals surface area contributed by atoms with Crippen molar-refractivity contribution < 1.29 is 13.5 Å². The third-order valence-electron chi connectivity index (χ3n) is 6.21. The Morgan fingerprint density at radius 3 is 2.62 bits per heavy atom. The topological polar surface area (TPSA) is 40.6 Å². The van der Waals surface area contributed by atoms with E-state index >= 15 is 0 Å². The molecule has 5 nitrogen and oxygen atoms in total. The number of fused-ring (bicyclic) bond motifs is 1. The Balaban J connectivity index is 1.28. The van der Waals surface area contributed by atoms with E-state index in [2.05, 4.69) is 33.4 Å². The van der Waals surface area contributed by atoms with Crippen molar-refractivity contribution in [3.05, 3.63) is 72.6 Å². The highest BCUT2D eigenvalue weighted by molar-refractivity contribution is 5.67. The molecular formula is C25H26F2N4O. The second-order valence-electron chi connectivity index (χ2n) is 8.47. The molecule has 3 aromatic rings. The Bertz CT molecular complexity index is 1070. The number of nitrogens with one attached hydrogen (secondary N) is 1. The van der Waals surface area contributed by atoms with Crippen LogP contribution in [0.5, 0.6) is 5.75 Å². The van der Waals surface area contributed by atoms with Gasteiger partial charge in [0.2, 0.25) is 0 Å². The van der Waals surface area contributed by atoms with Gasteiger partial charge in [-0.15, -0.1) is 0 Å². The zero-order chi connectivity index (χ0) is 22.1. The molecule has 5 rings (SSSR count). The third-order valence-corrected chi connectivity index (χ3v) is 6.21. The molecule has 2 aliphatic heterocycles. The molecule has 32 heavy (non-hydrogen) atoms. The number of ether oxygens (including phenoxy) is 1. The Morgan fingerprint density at radius 2 is 1.91 bits per heavy atom. The summed E-state index contributed by atoms with van der Waals surface area (Å²) in [5.74, 6) is -1.28. The molecule has 1 fully saturated rings. The second-order valence-corrected chi connectivity index (χ2v) is 8.47. The van der Waals surface area contributed by atoms with Gasteiger partial charge in [-0.05, 0) is 54.4 Å². The Morgan fingerprint density at radius 1 is 1.12 bits per heavy atom. The van der Waals surface area contributed by atoms with Gasteiger partial charge in [-0.1, -0.05) is 6.07 Å². The standard InChI is InChI=1S/C25H26F2N4O/c1-30(20-4-6-21(7-5-20)31-16-25(26,27)17-31)22-8-9-23-18(10-12-32-24(23)13-22)14-29-19-3-2-11-28-15-19/h2-9,11,13,15,18,29H,10,12,14,16-17H2,1H3/t18-/m0/s1. The first-order valence-corrected chi connectivity index (χ1v) is 10.9. The number of hydrogen-bond acceptors (Lipinski definition) is 5. The minimum absolute atomic E-state index is 0.207. The smallest absolute Gasteiger partial charge is 0.282 e. The summed E-state index contributed by atoms with van der Waals surface area (Å²) in [6.45, 7) is 1.10. The van der Waals surface area contributed by atoms with Gasteiger partial charge < -0.3 is 19.9 Å². The molecule has 0 radical (unpaired) electrons. The van der Waals surface area contributed by atoms with Gasteiger partial charge >= 0.3 is 0 Å². The fourth-order valence-electron chi connectivity index (χ4n) is 4.31. The van der Waals surface area contributed by atoms with Crippen molar-refractivity contribution in [2.75, 3.05) is 48.4 Å². The predicted octanol–water partition coefficient (Wildman–Crippen LogP) is 5.28. The molecule has 166 valence electrons. The van der Waals surface area contributed by atoms with Crippen LogP contribution in [0.15, 0.2) is 67.0 Å². The summed E-state index contributed by atoms with van der Waals surface area (Å²) in [5.41, 5.74) is 5.06. The maximum atomic E-state index is 13.1. The summed E-state index contributed by atoms with van der Waals surface area (Å²) in [6, 6.07) is 18.0. The van der Waals surface area contributed by atoms with Crippen molar-refractivity contribution in [3.8, 4) is 5.75 Å². The van der Waals surface area contributed by atoms with Crippen LogP contribution in [-0.2, 0) is 0 Å². The highest BCUT2D eigenvalue weighted by Gasteiger charge is 2.43. The van der Waals surface area contributed by atoms with E-state index < -0.39 is 5.92 Å². The highest BCUT2D eigenvalue weighted by Crippen LogP contribution is 2.38. The zero-order valence-corrected chi connectivity index (χ0v) is 18.0. The number of pyridine rings is 1. The van der Waals surface area contributed by atoms with Gasteiger partial charge in [0.15, 0.2) is 0 Å². The minimum Gasteiger partial charge on any atom is -0.493 e. The minimum atomic E-state index is -2.57. The zero-order valence-electron chi connectivity index (χ0n) is 18.0. The number of rotatable bonds is 6. The summed E-state index contributed by atoms with van der Waals surface area (Å²) in [7, 11) is 2.00. The molecule has 1 N–H and O–H groups in total. The van der Waals surface area contributed by atoms with Gasteiger partial charge in [-0.3, -0.25) is 4.98 Å². The van der Waals surface area contributed by atoms with Crippen LogP contribution in [0.3, 0.4) is 0 Å². The molecule has 1 atom stereocenters. The molecule has 1 aromatic heterocycles. The van der Waals surface area contributed by atoms with E-state index in [9.17, 15) is 8.78 Å². The van der Waals surface area contributed by atoms with Crippen molar-refractivity contribution in [3.63, 3.8) is 0 Å². The van der Waals surface area contributed by atoms with E-state index in [1.54, 1.807) is 11.1 Å². The largest absolute Gasteiger partial charge is 0.493 e. The second kappa shape index (κ2) is 8.30. The van der Waals surface area contributed by atoms with E-state index in [0.717, 1.165) is 41.5 Å². The third kappa shape index (κ3) is 4.20. The van der Waals surface area contributed by atoms with Crippen LogP contribution < -0.4 is 19.9 Å². The SMILES string of the molecule is CN(c1ccc(N2CC(F)(F)C2)cc1)c1ccc2c(c1)OCC[C@H]2CNc1cccnc1. The molecule has 0 spiro atoms. The lowest BCUT2D eigenvalue weighted by Crippen LogP contribution is -2.56. The Labute approximate surface area is 186 Å². The van der Waals surface area contributed by atoms with E-state index in [1.165, 1.54) is 5.56 Å². The van der Waals surface area contributed by atoms with Crippen LogP contribution >= 0.6 is 0 Å². The van der Waals surface area contributed by atoms with E-state index in [-0.39, 0.29) is 13.1 Å². The summed E-state index contributed by atoms with van der Waals surface area (Å²) in [6.07, 6.45) is 4.56. The van der Waals surface area contributed by atoms with E-state index in [1.807, 2.05) is 49.6 Å². The van der Waals surface area contributed by atoms with Crippen LogP contribution in [-0.4, -0.2) is 44.2 Å². The predicted molar refractivity (Wildman–Crippen MR) is 124 cm³/mol. The quantitative estimate of drug-likeness (QED) is 0.569.